The first-order valence-corrected chi connectivity index (χ1v) is 16.8. The lowest BCUT2D eigenvalue weighted by Crippen LogP contribution is -2.52. The molecule has 0 fully saturated rings. The monoisotopic (exact) mass is 611 g/mol. The molecule has 0 saturated heterocycles. The smallest absolute Gasteiger partial charge is 0.264 e. The fraction of sp³-hybridized carbons (Fsp3) is 0.375. The molecule has 0 aliphatic rings. The molecular formula is C32H41N3O5S2. The van der Waals surface area contributed by atoms with Gasteiger partial charge in [-0.1, -0.05) is 43.7 Å². The van der Waals surface area contributed by atoms with E-state index in [-0.39, 0.29) is 17.3 Å². The van der Waals surface area contributed by atoms with Crippen molar-refractivity contribution in [1.82, 2.24) is 10.2 Å². The number of carbonyl (C=O) groups is 2. The first-order chi connectivity index (χ1) is 20.1. The molecule has 0 aliphatic heterocycles. The number of carbonyl (C=O) groups excluding carboxylic acids is 2. The second-order valence-corrected chi connectivity index (χ2v) is 12.6. The van der Waals surface area contributed by atoms with E-state index < -0.39 is 28.5 Å². The molecule has 2 amide bonds. The van der Waals surface area contributed by atoms with Crippen LogP contribution in [0.25, 0.3) is 0 Å². The second kappa shape index (κ2) is 15.7. The van der Waals surface area contributed by atoms with Crippen LogP contribution in [0.2, 0.25) is 0 Å². The molecule has 10 heteroatoms. The summed E-state index contributed by atoms with van der Waals surface area (Å²) >= 11 is 1.51. The maximum absolute atomic E-state index is 14.2. The lowest BCUT2D eigenvalue weighted by molar-refractivity contribution is -0.140. The average Bonchev–Trinajstić information content (AvgIpc) is 2.99. The molecule has 8 nitrogen and oxygen atoms in total. The number of hydrogen-bond acceptors (Lipinski definition) is 6. The highest BCUT2D eigenvalue weighted by atomic mass is 32.2. The number of thioether (sulfide) groups is 1. The molecule has 3 aromatic rings. The van der Waals surface area contributed by atoms with Crippen molar-refractivity contribution in [2.75, 3.05) is 30.3 Å². The third kappa shape index (κ3) is 8.51. The molecule has 0 heterocycles. The van der Waals surface area contributed by atoms with Crippen molar-refractivity contribution in [3.8, 4) is 5.75 Å². The number of nitrogens with one attached hydrogen (secondary N) is 1. The Morgan fingerprint density at radius 2 is 1.67 bits per heavy atom. The Labute approximate surface area is 254 Å². The molecule has 0 bridgehead atoms. The van der Waals surface area contributed by atoms with Crippen LogP contribution >= 0.6 is 11.8 Å². The maximum Gasteiger partial charge on any atom is 0.264 e. The van der Waals surface area contributed by atoms with Gasteiger partial charge in [-0.25, -0.2) is 8.42 Å². The van der Waals surface area contributed by atoms with Gasteiger partial charge in [-0.15, -0.1) is 11.8 Å². The van der Waals surface area contributed by atoms with Crippen LogP contribution in [0, 0.1) is 6.92 Å². The van der Waals surface area contributed by atoms with Crippen LogP contribution in [-0.4, -0.2) is 57.1 Å². The highest BCUT2D eigenvalue weighted by Crippen LogP contribution is 2.28. The van der Waals surface area contributed by atoms with Gasteiger partial charge in [-0.2, -0.15) is 0 Å². The van der Waals surface area contributed by atoms with Gasteiger partial charge in [-0.05, 0) is 87.0 Å². The summed E-state index contributed by atoms with van der Waals surface area (Å²) in [7, 11) is -4.14. The minimum absolute atomic E-state index is 0.0694. The lowest BCUT2D eigenvalue weighted by atomic mass is 10.1. The molecule has 0 spiro atoms. The molecule has 0 aromatic heterocycles. The molecule has 0 aliphatic carbocycles. The predicted octanol–water partition coefficient (Wildman–Crippen LogP) is 5.64. The van der Waals surface area contributed by atoms with Gasteiger partial charge in [0.2, 0.25) is 11.8 Å². The number of hydrogen-bond donors (Lipinski definition) is 1. The SMILES string of the molecule is CCCNC(=O)[C@@H](CC)N(Cc1cccc(C)c1)C(=O)CN(c1ccc(OCC)cc1)S(=O)(=O)c1ccc(SC)cc1. The minimum atomic E-state index is -4.14. The van der Waals surface area contributed by atoms with Gasteiger partial charge in [0.05, 0.1) is 17.2 Å². The molecule has 0 radical (unpaired) electrons. The van der Waals surface area contributed by atoms with Gasteiger partial charge in [0.25, 0.3) is 10.0 Å². The summed E-state index contributed by atoms with van der Waals surface area (Å²) in [6.45, 7) is 8.27. The highest BCUT2D eigenvalue weighted by Gasteiger charge is 2.33. The summed E-state index contributed by atoms with van der Waals surface area (Å²) < 4.78 is 34.8. The van der Waals surface area contributed by atoms with Crippen LogP contribution in [0.3, 0.4) is 0 Å². The van der Waals surface area contributed by atoms with Crippen molar-refractivity contribution in [3.05, 3.63) is 83.9 Å². The normalized spacial score (nSPS) is 11.9. The fourth-order valence-corrected chi connectivity index (χ4v) is 6.39. The van der Waals surface area contributed by atoms with Crippen LogP contribution in [0.15, 0.2) is 82.6 Å². The van der Waals surface area contributed by atoms with E-state index in [1.807, 2.05) is 58.2 Å². The Morgan fingerprint density at radius 3 is 2.24 bits per heavy atom. The largest absolute Gasteiger partial charge is 0.494 e. The Balaban J connectivity index is 2.06. The summed E-state index contributed by atoms with van der Waals surface area (Å²) in [6, 6.07) is 20.2. The van der Waals surface area contributed by atoms with E-state index in [0.29, 0.717) is 31.0 Å². The summed E-state index contributed by atoms with van der Waals surface area (Å²) in [6.07, 6.45) is 3.05. The van der Waals surface area contributed by atoms with E-state index in [4.69, 9.17) is 4.74 Å². The molecule has 3 aromatic carbocycles. The van der Waals surface area contributed by atoms with Gasteiger partial charge in [0.15, 0.2) is 0 Å². The van der Waals surface area contributed by atoms with Gasteiger partial charge in [-0.3, -0.25) is 13.9 Å². The fourth-order valence-electron chi connectivity index (χ4n) is 4.57. The van der Waals surface area contributed by atoms with Crippen molar-refractivity contribution in [3.63, 3.8) is 0 Å². The van der Waals surface area contributed by atoms with Crippen molar-refractivity contribution in [2.45, 2.75) is 62.9 Å². The molecule has 3 rings (SSSR count). The summed E-state index contributed by atoms with van der Waals surface area (Å²) in [5.74, 6) is -0.148. The second-order valence-electron chi connectivity index (χ2n) is 9.84. The van der Waals surface area contributed by atoms with Crippen LogP contribution in [0.1, 0.15) is 44.7 Å². The first kappa shape index (κ1) is 33.0. The van der Waals surface area contributed by atoms with Crippen LogP contribution in [-0.2, 0) is 26.2 Å². The average molecular weight is 612 g/mol. The van der Waals surface area contributed by atoms with Gasteiger partial charge >= 0.3 is 0 Å². The first-order valence-electron chi connectivity index (χ1n) is 14.2. The van der Waals surface area contributed by atoms with Crippen molar-refractivity contribution < 1.29 is 22.7 Å². The number of rotatable bonds is 15. The summed E-state index contributed by atoms with van der Waals surface area (Å²) in [4.78, 5) is 29.9. The number of benzene rings is 3. The lowest BCUT2D eigenvalue weighted by Gasteiger charge is -2.33. The van der Waals surface area contributed by atoms with E-state index in [1.54, 1.807) is 48.5 Å². The molecule has 1 atom stereocenters. The topological polar surface area (TPSA) is 96.0 Å². The Morgan fingerprint density at radius 1 is 0.976 bits per heavy atom. The molecular weight excluding hydrogens is 571 g/mol. The Hall–Kier alpha value is -3.50. The number of aryl methyl sites for hydroxylation is 1. The van der Waals surface area contributed by atoms with E-state index in [2.05, 4.69) is 5.32 Å². The zero-order valence-corrected chi connectivity index (χ0v) is 26.6. The number of anilines is 1. The molecule has 226 valence electrons. The summed E-state index contributed by atoms with van der Waals surface area (Å²) in [5, 5.41) is 2.91. The van der Waals surface area contributed by atoms with Crippen molar-refractivity contribution in [2.24, 2.45) is 0 Å². The van der Waals surface area contributed by atoms with Crippen LogP contribution < -0.4 is 14.4 Å². The predicted molar refractivity (Wildman–Crippen MR) is 169 cm³/mol. The van der Waals surface area contributed by atoms with Crippen molar-refractivity contribution in [1.29, 1.82) is 0 Å². The maximum atomic E-state index is 14.2. The molecule has 42 heavy (non-hydrogen) atoms. The Bertz CT molecular complexity index is 1430. The van der Waals surface area contributed by atoms with Crippen molar-refractivity contribution >= 4 is 39.3 Å². The van der Waals surface area contributed by atoms with E-state index in [1.165, 1.54) is 16.7 Å². The van der Waals surface area contributed by atoms with Crippen LogP contribution in [0.4, 0.5) is 5.69 Å². The standard InChI is InChI=1S/C32H41N3O5S2/c1-6-20-33-32(37)30(7-2)34(22-25-11-9-10-24(4)21-25)31(36)23-35(26-12-14-27(15-13-26)40-8-3)42(38,39)29-18-16-28(41-5)17-19-29/h9-19,21,30H,6-8,20,22-23H2,1-5H3,(H,33,37)/t30-/m1/s1. The van der Waals surface area contributed by atoms with E-state index >= 15 is 0 Å². The quantitative estimate of drug-likeness (QED) is 0.223. The minimum Gasteiger partial charge on any atom is -0.494 e. The number of ether oxygens (including phenoxy) is 1. The molecule has 0 unspecified atom stereocenters. The zero-order valence-electron chi connectivity index (χ0n) is 25.0. The van der Waals surface area contributed by atoms with Gasteiger partial charge in [0.1, 0.15) is 18.3 Å². The highest BCUT2D eigenvalue weighted by molar-refractivity contribution is 7.98. The van der Waals surface area contributed by atoms with Gasteiger partial charge < -0.3 is 15.0 Å². The molecule has 0 saturated carbocycles. The van der Waals surface area contributed by atoms with Gasteiger partial charge in [0, 0.05) is 18.0 Å². The number of sulfonamides is 1. The van der Waals surface area contributed by atoms with E-state index in [9.17, 15) is 18.0 Å². The van der Waals surface area contributed by atoms with E-state index in [0.717, 1.165) is 26.7 Å². The zero-order chi connectivity index (χ0) is 30.7. The number of amides is 2. The number of nitrogens with zero attached hydrogens (tertiary/aromatic N) is 2. The Kier molecular flexibility index (Phi) is 12.3. The summed E-state index contributed by atoms with van der Waals surface area (Å²) in [5.41, 5.74) is 2.20. The third-order valence-electron chi connectivity index (χ3n) is 6.73. The third-order valence-corrected chi connectivity index (χ3v) is 9.26. The molecule has 1 N–H and O–H groups in total. The van der Waals surface area contributed by atoms with Crippen LogP contribution in [0.5, 0.6) is 5.75 Å².